The highest BCUT2D eigenvalue weighted by molar-refractivity contribution is 5.90. The fourth-order valence-electron chi connectivity index (χ4n) is 5.12. The van der Waals surface area contributed by atoms with E-state index in [-0.39, 0.29) is 23.7 Å². The standard InChI is InChI=1S/C25H28FN3O3/c26-21-8-6-19(7-9-21)16-27-13-10-20(11-14-27)23(30)28-15-12-25(17-28)18-29(24(31)32-25)22-4-2-1-3-5-22/h1-9,20H,10-18H2/t25-/m1/s1. The molecule has 0 aliphatic carbocycles. The van der Waals surface area contributed by atoms with E-state index in [9.17, 15) is 14.0 Å². The van der Waals surface area contributed by atoms with Crippen molar-refractivity contribution in [2.75, 3.05) is 37.6 Å². The first-order valence-corrected chi connectivity index (χ1v) is 11.3. The van der Waals surface area contributed by atoms with Gasteiger partial charge in [-0.2, -0.15) is 0 Å². The third-order valence-electron chi connectivity index (χ3n) is 6.92. The average molecular weight is 438 g/mol. The molecule has 0 radical (unpaired) electrons. The maximum atomic E-state index is 13.2. The van der Waals surface area contributed by atoms with Crippen molar-refractivity contribution in [2.24, 2.45) is 5.92 Å². The van der Waals surface area contributed by atoms with Crippen LogP contribution < -0.4 is 4.90 Å². The Bertz CT molecular complexity index is 976. The molecule has 3 aliphatic heterocycles. The number of carbonyl (C=O) groups is 2. The number of piperidine rings is 1. The van der Waals surface area contributed by atoms with Crippen LogP contribution in [0.5, 0.6) is 0 Å². The summed E-state index contributed by atoms with van der Waals surface area (Å²) in [4.78, 5) is 31.6. The molecule has 7 heteroatoms. The first kappa shape index (κ1) is 20.9. The van der Waals surface area contributed by atoms with E-state index in [4.69, 9.17) is 4.74 Å². The second-order valence-electron chi connectivity index (χ2n) is 9.16. The summed E-state index contributed by atoms with van der Waals surface area (Å²) in [6.07, 6.45) is 1.98. The van der Waals surface area contributed by atoms with Crippen LogP contribution in [0.1, 0.15) is 24.8 Å². The highest BCUT2D eigenvalue weighted by atomic mass is 19.1. The van der Waals surface area contributed by atoms with Gasteiger partial charge in [-0.25, -0.2) is 9.18 Å². The van der Waals surface area contributed by atoms with Gasteiger partial charge >= 0.3 is 6.09 Å². The molecule has 1 spiro atoms. The Morgan fingerprint density at radius 1 is 1.00 bits per heavy atom. The third kappa shape index (κ3) is 4.21. The summed E-state index contributed by atoms with van der Waals surface area (Å²) < 4.78 is 18.9. The molecule has 6 nitrogen and oxygen atoms in total. The van der Waals surface area contributed by atoms with Crippen LogP contribution in [0.2, 0.25) is 0 Å². The molecule has 2 aromatic carbocycles. The molecule has 3 fully saturated rings. The zero-order valence-corrected chi connectivity index (χ0v) is 18.1. The fourth-order valence-corrected chi connectivity index (χ4v) is 5.12. The van der Waals surface area contributed by atoms with Crippen molar-refractivity contribution >= 4 is 17.7 Å². The largest absolute Gasteiger partial charge is 0.439 e. The van der Waals surface area contributed by atoms with Crippen molar-refractivity contribution in [3.05, 3.63) is 66.0 Å². The molecule has 3 aliphatic rings. The molecule has 32 heavy (non-hydrogen) atoms. The van der Waals surface area contributed by atoms with Gasteiger partial charge in [0.1, 0.15) is 5.82 Å². The molecule has 2 amide bonds. The maximum absolute atomic E-state index is 13.2. The fraction of sp³-hybridized carbons (Fsp3) is 0.440. The lowest BCUT2D eigenvalue weighted by Crippen LogP contribution is -2.44. The Balaban J connectivity index is 1.15. The SMILES string of the molecule is O=C(C1CCN(Cc2ccc(F)cc2)CC1)N1CC[C@@]2(C1)CN(c1ccccc1)C(=O)O2. The lowest BCUT2D eigenvalue weighted by atomic mass is 9.95. The first-order valence-electron chi connectivity index (χ1n) is 11.3. The Kier molecular flexibility index (Phi) is 5.59. The second kappa shape index (κ2) is 8.54. The van der Waals surface area contributed by atoms with Gasteiger partial charge in [0.15, 0.2) is 5.60 Å². The van der Waals surface area contributed by atoms with Crippen LogP contribution in [0, 0.1) is 11.7 Å². The number of benzene rings is 2. The summed E-state index contributed by atoms with van der Waals surface area (Å²) in [5.41, 5.74) is 1.31. The number of para-hydroxylation sites is 1. The molecule has 0 saturated carbocycles. The monoisotopic (exact) mass is 437 g/mol. The normalized spacial score (nSPS) is 24.3. The van der Waals surface area contributed by atoms with Crippen molar-refractivity contribution in [1.82, 2.24) is 9.80 Å². The predicted molar refractivity (Wildman–Crippen MR) is 119 cm³/mol. The van der Waals surface area contributed by atoms with E-state index in [2.05, 4.69) is 4.90 Å². The predicted octanol–water partition coefficient (Wildman–Crippen LogP) is 3.67. The van der Waals surface area contributed by atoms with Gasteiger partial charge in [-0.15, -0.1) is 0 Å². The molecule has 3 heterocycles. The first-order chi connectivity index (χ1) is 15.5. The number of nitrogens with zero attached hydrogens (tertiary/aromatic N) is 3. The number of carbonyl (C=O) groups excluding carboxylic acids is 2. The van der Waals surface area contributed by atoms with Gasteiger partial charge in [0.25, 0.3) is 0 Å². The molecule has 168 valence electrons. The minimum absolute atomic E-state index is 0.0111. The number of ether oxygens (including phenoxy) is 1. The van der Waals surface area contributed by atoms with E-state index in [1.165, 1.54) is 12.1 Å². The van der Waals surface area contributed by atoms with Crippen molar-refractivity contribution < 1.29 is 18.7 Å². The number of rotatable bonds is 4. The van der Waals surface area contributed by atoms with Crippen LogP contribution in [-0.2, 0) is 16.1 Å². The van der Waals surface area contributed by atoms with Crippen LogP contribution >= 0.6 is 0 Å². The number of anilines is 1. The zero-order chi connectivity index (χ0) is 22.1. The number of hydrogen-bond donors (Lipinski definition) is 0. The Labute approximate surface area is 187 Å². The second-order valence-corrected chi connectivity index (χ2v) is 9.16. The highest BCUT2D eigenvalue weighted by Crippen LogP contribution is 2.36. The number of likely N-dealkylation sites (tertiary alicyclic amines) is 2. The average Bonchev–Trinajstić information content (AvgIpc) is 3.38. The molecule has 0 aromatic heterocycles. The van der Waals surface area contributed by atoms with E-state index >= 15 is 0 Å². The van der Waals surface area contributed by atoms with Crippen LogP contribution in [0.3, 0.4) is 0 Å². The zero-order valence-electron chi connectivity index (χ0n) is 18.1. The van der Waals surface area contributed by atoms with Gasteiger partial charge in [-0.05, 0) is 55.8 Å². The van der Waals surface area contributed by atoms with Gasteiger partial charge < -0.3 is 9.64 Å². The van der Waals surface area contributed by atoms with E-state index in [1.807, 2.05) is 47.4 Å². The summed E-state index contributed by atoms with van der Waals surface area (Å²) in [5, 5.41) is 0. The van der Waals surface area contributed by atoms with Crippen molar-refractivity contribution in [2.45, 2.75) is 31.4 Å². The summed E-state index contributed by atoms with van der Waals surface area (Å²) in [7, 11) is 0. The van der Waals surface area contributed by atoms with Gasteiger partial charge in [-0.1, -0.05) is 30.3 Å². The van der Waals surface area contributed by atoms with Crippen LogP contribution in [-0.4, -0.2) is 60.1 Å². The smallest absolute Gasteiger partial charge is 0.415 e. The summed E-state index contributed by atoms with van der Waals surface area (Å²) in [6, 6.07) is 16.1. The van der Waals surface area contributed by atoms with Crippen molar-refractivity contribution in [1.29, 1.82) is 0 Å². The van der Waals surface area contributed by atoms with Crippen molar-refractivity contribution in [3.63, 3.8) is 0 Å². The lowest BCUT2D eigenvalue weighted by Gasteiger charge is -2.33. The molecular weight excluding hydrogens is 409 g/mol. The van der Waals surface area contributed by atoms with Crippen molar-refractivity contribution in [3.8, 4) is 0 Å². The summed E-state index contributed by atoms with van der Waals surface area (Å²) in [6.45, 7) is 4.06. The molecule has 1 atom stereocenters. The minimum Gasteiger partial charge on any atom is -0.439 e. The maximum Gasteiger partial charge on any atom is 0.415 e. The highest BCUT2D eigenvalue weighted by Gasteiger charge is 2.51. The van der Waals surface area contributed by atoms with Gasteiger partial charge in [0, 0.05) is 31.1 Å². The van der Waals surface area contributed by atoms with E-state index < -0.39 is 5.60 Å². The van der Waals surface area contributed by atoms with E-state index in [0.29, 0.717) is 26.1 Å². The molecule has 5 rings (SSSR count). The topological polar surface area (TPSA) is 53.1 Å². The van der Waals surface area contributed by atoms with Gasteiger partial charge in [0.05, 0.1) is 13.1 Å². The number of hydrogen-bond acceptors (Lipinski definition) is 4. The Morgan fingerprint density at radius 2 is 1.72 bits per heavy atom. The van der Waals surface area contributed by atoms with Gasteiger partial charge in [0.2, 0.25) is 5.91 Å². The third-order valence-corrected chi connectivity index (χ3v) is 6.92. The molecule has 2 aromatic rings. The Morgan fingerprint density at radius 3 is 2.44 bits per heavy atom. The van der Waals surface area contributed by atoms with Crippen LogP contribution in [0.4, 0.5) is 14.9 Å². The summed E-state index contributed by atoms with van der Waals surface area (Å²) in [5.74, 6) is -0.0317. The summed E-state index contributed by atoms with van der Waals surface area (Å²) >= 11 is 0. The van der Waals surface area contributed by atoms with E-state index in [1.54, 1.807) is 4.90 Å². The minimum atomic E-state index is -0.605. The quantitative estimate of drug-likeness (QED) is 0.733. The number of halogens is 1. The molecule has 3 saturated heterocycles. The van der Waals surface area contributed by atoms with E-state index in [0.717, 1.165) is 43.7 Å². The molecular formula is C25H28FN3O3. The lowest BCUT2D eigenvalue weighted by molar-refractivity contribution is -0.136. The van der Waals surface area contributed by atoms with Crippen LogP contribution in [0.15, 0.2) is 54.6 Å². The number of amides is 2. The molecule has 0 N–H and O–H groups in total. The van der Waals surface area contributed by atoms with Crippen LogP contribution in [0.25, 0.3) is 0 Å². The molecule has 0 unspecified atom stereocenters. The molecule has 0 bridgehead atoms. The Hall–Kier alpha value is -2.93. The van der Waals surface area contributed by atoms with Gasteiger partial charge in [-0.3, -0.25) is 14.6 Å².